The molecule has 0 N–H and O–H groups in total. The molecule has 0 amide bonds. The minimum atomic E-state index is -0.321. The van der Waals surface area contributed by atoms with Gasteiger partial charge in [0.05, 0.1) is 12.7 Å². The van der Waals surface area contributed by atoms with E-state index < -0.39 is 0 Å². The Morgan fingerprint density at radius 1 is 1.43 bits per heavy atom. The van der Waals surface area contributed by atoms with Crippen LogP contribution in [0.3, 0.4) is 0 Å². The summed E-state index contributed by atoms with van der Waals surface area (Å²) < 4.78 is 4.70. The van der Waals surface area contributed by atoms with Crippen molar-refractivity contribution in [2.24, 2.45) is 0 Å². The van der Waals surface area contributed by atoms with Gasteiger partial charge in [0, 0.05) is 5.88 Å². The van der Waals surface area contributed by atoms with Crippen molar-refractivity contribution in [1.29, 1.82) is 0 Å². The van der Waals surface area contributed by atoms with E-state index in [9.17, 15) is 4.79 Å². The summed E-state index contributed by atoms with van der Waals surface area (Å²) in [5.74, 6) is 0.00519. The molecule has 3 heteroatoms. The first-order valence-electron chi connectivity index (χ1n) is 4.34. The molecule has 0 radical (unpaired) electrons. The fourth-order valence-electron chi connectivity index (χ4n) is 1.56. The molecule has 1 aromatic rings. The molecule has 0 aliphatic rings. The van der Waals surface area contributed by atoms with Gasteiger partial charge in [-0.1, -0.05) is 17.7 Å². The molecular weight excluding hydrogens is 200 g/mol. The zero-order valence-electron chi connectivity index (χ0n) is 8.56. The van der Waals surface area contributed by atoms with Crippen molar-refractivity contribution in [3.8, 4) is 0 Å². The highest BCUT2D eigenvalue weighted by Gasteiger charge is 2.14. The van der Waals surface area contributed by atoms with E-state index >= 15 is 0 Å². The smallest absolute Gasteiger partial charge is 0.338 e. The Hall–Kier alpha value is -1.02. The zero-order chi connectivity index (χ0) is 10.7. The Balaban J connectivity index is 3.32. The van der Waals surface area contributed by atoms with Crippen LogP contribution in [0.25, 0.3) is 0 Å². The van der Waals surface area contributed by atoms with Gasteiger partial charge in [0.2, 0.25) is 0 Å². The number of halogens is 1. The number of methoxy groups -OCH3 is 1. The second-order valence-electron chi connectivity index (χ2n) is 3.24. The normalized spacial score (nSPS) is 10.0. The SMILES string of the molecule is COC(=O)c1c(C)cc(C)cc1CCl. The van der Waals surface area contributed by atoms with Gasteiger partial charge in [-0.25, -0.2) is 4.79 Å². The van der Waals surface area contributed by atoms with Crippen molar-refractivity contribution in [3.63, 3.8) is 0 Å². The first kappa shape index (κ1) is 11.1. The maximum atomic E-state index is 11.4. The van der Waals surface area contributed by atoms with Crippen molar-refractivity contribution in [3.05, 3.63) is 34.4 Å². The molecule has 14 heavy (non-hydrogen) atoms. The average Bonchev–Trinajstić information content (AvgIpc) is 2.15. The van der Waals surface area contributed by atoms with Gasteiger partial charge in [0.25, 0.3) is 0 Å². The highest BCUT2D eigenvalue weighted by atomic mass is 35.5. The number of benzene rings is 1. The minimum Gasteiger partial charge on any atom is -0.465 e. The number of alkyl halides is 1. The number of ether oxygens (including phenoxy) is 1. The summed E-state index contributed by atoms with van der Waals surface area (Å²) in [4.78, 5) is 11.4. The van der Waals surface area contributed by atoms with E-state index in [0.29, 0.717) is 11.4 Å². The van der Waals surface area contributed by atoms with Gasteiger partial charge in [-0.3, -0.25) is 0 Å². The Labute approximate surface area is 88.8 Å². The average molecular weight is 213 g/mol. The van der Waals surface area contributed by atoms with Crippen LogP contribution in [0.15, 0.2) is 12.1 Å². The summed E-state index contributed by atoms with van der Waals surface area (Å²) in [6.07, 6.45) is 0. The molecule has 76 valence electrons. The van der Waals surface area contributed by atoms with Crippen LogP contribution in [0.1, 0.15) is 27.0 Å². The van der Waals surface area contributed by atoms with E-state index in [1.165, 1.54) is 7.11 Å². The molecule has 0 spiro atoms. The Bertz CT molecular complexity index is 359. The first-order chi connectivity index (χ1) is 6.60. The molecule has 0 atom stereocenters. The number of carbonyl (C=O) groups excluding carboxylic acids is 1. The number of aryl methyl sites for hydroxylation is 2. The molecule has 0 aromatic heterocycles. The number of esters is 1. The molecule has 0 bridgehead atoms. The Morgan fingerprint density at radius 2 is 2.07 bits per heavy atom. The summed E-state index contributed by atoms with van der Waals surface area (Å²) in [6, 6.07) is 3.86. The summed E-state index contributed by atoms with van der Waals surface area (Å²) >= 11 is 5.77. The van der Waals surface area contributed by atoms with Crippen LogP contribution < -0.4 is 0 Å². The van der Waals surface area contributed by atoms with Crippen LogP contribution in [0.4, 0.5) is 0 Å². The van der Waals surface area contributed by atoms with Crippen molar-refractivity contribution < 1.29 is 9.53 Å². The first-order valence-corrected chi connectivity index (χ1v) is 4.88. The standard InChI is InChI=1S/C11H13ClO2/c1-7-4-8(2)10(11(13)14-3)9(5-7)6-12/h4-5H,6H2,1-3H3. The fraction of sp³-hybridized carbons (Fsp3) is 0.364. The summed E-state index contributed by atoms with van der Waals surface area (Å²) in [7, 11) is 1.37. The van der Waals surface area contributed by atoms with Gasteiger partial charge in [0.1, 0.15) is 0 Å². The van der Waals surface area contributed by atoms with E-state index in [-0.39, 0.29) is 5.97 Å². The molecule has 0 fully saturated rings. The molecule has 1 aromatic carbocycles. The van der Waals surface area contributed by atoms with Crippen LogP contribution in [-0.2, 0) is 10.6 Å². The summed E-state index contributed by atoms with van der Waals surface area (Å²) in [5.41, 5.74) is 3.43. The van der Waals surface area contributed by atoms with Crippen molar-refractivity contribution in [1.82, 2.24) is 0 Å². The third kappa shape index (κ3) is 2.07. The maximum absolute atomic E-state index is 11.4. The van der Waals surface area contributed by atoms with Gasteiger partial charge in [0.15, 0.2) is 0 Å². The summed E-state index contributed by atoms with van der Waals surface area (Å²) in [5, 5.41) is 0. The number of carbonyl (C=O) groups is 1. The monoisotopic (exact) mass is 212 g/mol. The molecule has 0 heterocycles. The van der Waals surface area contributed by atoms with Crippen molar-refractivity contribution in [2.45, 2.75) is 19.7 Å². The number of rotatable bonds is 2. The maximum Gasteiger partial charge on any atom is 0.338 e. The van der Waals surface area contributed by atoms with Crippen LogP contribution in [0.2, 0.25) is 0 Å². The van der Waals surface area contributed by atoms with E-state index in [2.05, 4.69) is 0 Å². The van der Waals surface area contributed by atoms with Crippen LogP contribution in [-0.4, -0.2) is 13.1 Å². The third-order valence-electron chi connectivity index (χ3n) is 2.10. The molecule has 0 aliphatic heterocycles. The lowest BCUT2D eigenvalue weighted by atomic mass is 10.00. The topological polar surface area (TPSA) is 26.3 Å². The second-order valence-corrected chi connectivity index (χ2v) is 3.51. The van der Waals surface area contributed by atoms with Gasteiger partial charge in [-0.2, -0.15) is 0 Å². The second kappa shape index (κ2) is 4.47. The lowest BCUT2D eigenvalue weighted by Gasteiger charge is -2.09. The summed E-state index contributed by atoms with van der Waals surface area (Å²) in [6.45, 7) is 3.86. The number of hydrogen-bond donors (Lipinski definition) is 0. The minimum absolute atomic E-state index is 0.321. The van der Waals surface area contributed by atoms with Gasteiger partial charge in [-0.15, -0.1) is 11.6 Å². The Kier molecular flexibility index (Phi) is 3.53. The van der Waals surface area contributed by atoms with Crippen LogP contribution in [0.5, 0.6) is 0 Å². The third-order valence-corrected chi connectivity index (χ3v) is 2.38. The van der Waals surface area contributed by atoms with E-state index in [4.69, 9.17) is 16.3 Å². The number of hydrogen-bond acceptors (Lipinski definition) is 2. The van der Waals surface area contributed by atoms with Crippen LogP contribution >= 0.6 is 11.6 Å². The lowest BCUT2D eigenvalue weighted by molar-refractivity contribution is 0.0599. The fourth-order valence-corrected chi connectivity index (χ4v) is 1.77. The van der Waals surface area contributed by atoms with Gasteiger partial charge >= 0.3 is 5.97 Å². The quantitative estimate of drug-likeness (QED) is 0.557. The molecule has 2 nitrogen and oxygen atoms in total. The van der Waals surface area contributed by atoms with Crippen molar-refractivity contribution in [2.75, 3.05) is 7.11 Å². The lowest BCUT2D eigenvalue weighted by Crippen LogP contribution is -2.07. The van der Waals surface area contributed by atoms with Gasteiger partial charge < -0.3 is 4.74 Å². The largest absolute Gasteiger partial charge is 0.465 e. The molecular formula is C11H13ClO2. The van der Waals surface area contributed by atoms with Crippen LogP contribution in [0, 0.1) is 13.8 Å². The molecule has 0 saturated carbocycles. The Morgan fingerprint density at radius 3 is 2.57 bits per heavy atom. The molecule has 0 unspecified atom stereocenters. The highest BCUT2D eigenvalue weighted by Crippen LogP contribution is 2.19. The van der Waals surface area contributed by atoms with Gasteiger partial charge in [-0.05, 0) is 25.0 Å². The predicted octanol–water partition coefficient (Wildman–Crippen LogP) is 2.83. The zero-order valence-corrected chi connectivity index (χ0v) is 9.31. The molecule has 1 rings (SSSR count). The van der Waals surface area contributed by atoms with E-state index in [1.54, 1.807) is 0 Å². The molecule has 0 aliphatic carbocycles. The van der Waals surface area contributed by atoms with E-state index in [1.807, 2.05) is 26.0 Å². The predicted molar refractivity (Wildman–Crippen MR) is 56.8 cm³/mol. The van der Waals surface area contributed by atoms with Crippen molar-refractivity contribution >= 4 is 17.6 Å². The molecule has 0 saturated heterocycles. The highest BCUT2D eigenvalue weighted by molar-refractivity contribution is 6.17. The van der Waals surface area contributed by atoms with E-state index in [0.717, 1.165) is 16.7 Å².